The van der Waals surface area contributed by atoms with E-state index in [1.54, 1.807) is 6.33 Å². The molecule has 0 aliphatic rings. The van der Waals surface area contributed by atoms with Crippen molar-refractivity contribution in [2.75, 3.05) is 0 Å². The van der Waals surface area contributed by atoms with Crippen LogP contribution in [0.2, 0.25) is 0 Å². The van der Waals surface area contributed by atoms with Crippen molar-refractivity contribution in [3.05, 3.63) is 47.0 Å². The van der Waals surface area contributed by atoms with E-state index in [-0.39, 0.29) is 5.54 Å². The molecule has 0 saturated heterocycles. The summed E-state index contributed by atoms with van der Waals surface area (Å²) in [5.41, 5.74) is 4.77. The maximum absolute atomic E-state index is 9.43. The molecule has 0 spiro atoms. The predicted octanol–water partition coefficient (Wildman–Crippen LogP) is 3.25. The topological polar surface area (TPSA) is 53.6 Å². The number of hydrogen-bond acceptors (Lipinski definition) is 3. The van der Waals surface area contributed by atoms with Crippen LogP contribution in [0.4, 0.5) is 0 Å². The third-order valence-electron chi connectivity index (χ3n) is 3.52. The highest BCUT2D eigenvalue weighted by Crippen LogP contribution is 2.19. The largest absolute Gasteiger partial charge is 0.308 e. The number of benzene rings is 1. The minimum atomic E-state index is 0.0591. The van der Waals surface area contributed by atoms with Crippen molar-refractivity contribution in [2.24, 2.45) is 0 Å². The monoisotopic (exact) mass is 282 g/mol. The van der Waals surface area contributed by atoms with Crippen molar-refractivity contribution in [2.45, 2.75) is 46.7 Å². The second kappa shape index (κ2) is 5.71. The summed E-state index contributed by atoms with van der Waals surface area (Å²) in [6.45, 7) is 11.1. The van der Waals surface area contributed by atoms with Crippen LogP contribution in [0, 0.1) is 25.2 Å². The summed E-state index contributed by atoms with van der Waals surface area (Å²) in [5.74, 6) is 0. The second-order valence-corrected chi connectivity index (χ2v) is 6.35. The number of hydrogen-bond donors (Lipinski definition) is 1. The van der Waals surface area contributed by atoms with Crippen molar-refractivity contribution in [3.8, 4) is 11.8 Å². The molecule has 2 aromatic rings. The van der Waals surface area contributed by atoms with Gasteiger partial charge in [0.25, 0.3) is 0 Å². The number of rotatable bonds is 3. The van der Waals surface area contributed by atoms with Gasteiger partial charge >= 0.3 is 0 Å². The maximum Gasteiger partial charge on any atom is 0.101 e. The van der Waals surface area contributed by atoms with E-state index in [4.69, 9.17) is 0 Å². The first kappa shape index (κ1) is 15.3. The fourth-order valence-electron chi connectivity index (χ4n) is 2.10. The molecule has 4 nitrogen and oxygen atoms in total. The number of nitriles is 1. The third-order valence-corrected chi connectivity index (χ3v) is 3.52. The van der Waals surface area contributed by atoms with E-state index in [0.717, 1.165) is 29.2 Å². The van der Waals surface area contributed by atoms with Crippen LogP contribution in [0.15, 0.2) is 24.5 Å². The number of aromatic nitrogens is 2. The van der Waals surface area contributed by atoms with Crippen LogP contribution in [-0.4, -0.2) is 15.1 Å². The number of aryl methyl sites for hydroxylation is 1. The van der Waals surface area contributed by atoms with Gasteiger partial charge in [-0.15, -0.1) is 0 Å². The van der Waals surface area contributed by atoms with Gasteiger partial charge in [0.15, 0.2) is 0 Å². The van der Waals surface area contributed by atoms with Gasteiger partial charge in [-0.05, 0) is 52.3 Å². The van der Waals surface area contributed by atoms with Gasteiger partial charge in [-0.2, -0.15) is 5.26 Å². The lowest BCUT2D eigenvalue weighted by Gasteiger charge is -2.21. The Labute approximate surface area is 126 Å². The fraction of sp³-hybridized carbons (Fsp3) is 0.412. The normalized spacial score (nSPS) is 11.4. The fourth-order valence-corrected chi connectivity index (χ4v) is 2.10. The summed E-state index contributed by atoms with van der Waals surface area (Å²) < 4.78 is 1.97. The molecule has 0 amide bonds. The van der Waals surface area contributed by atoms with Crippen molar-refractivity contribution in [1.29, 1.82) is 5.26 Å². The standard InChI is InChI=1S/C17H22N4/c1-12-13(2)21(11-19-12)16-7-6-14(8-15(16)9-18)10-20-17(3,4)5/h6-8,11,20H,10H2,1-5H3. The summed E-state index contributed by atoms with van der Waals surface area (Å²) in [7, 11) is 0. The first-order valence-electron chi connectivity index (χ1n) is 7.11. The van der Waals surface area contributed by atoms with Gasteiger partial charge in [-0.25, -0.2) is 4.98 Å². The quantitative estimate of drug-likeness (QED) is 0.940. The molecule has 4 heteroatoms. The van der Waals surface area contributed by atoms with Crippen molar-refractivity contribution in [3.63, 3.8) is 0 Å². The molecule has 0 unspecified atom stereocenters. The minimum Gasteiger partial charge on any atom is -0.308 e. The average Bonchev–Trinajstić information content (AvgIpc) is 2.76. The van der Waals surface area contributed by atoms with Crippen LogP contribution in [0.3, 0.4) is 0 Å². The van der Waals surface area contributed by atoms with E-state index in [1.807, 2.05) is 30.5 Å². The molecular weight excluding hydrogens is 260 g/mol. The molecule has 1 N–H and O–H groups in total. The van der Waals surface area contributed by atoms with Gasteiger partial charge in [0.05, 0.1) is 23.3 Å². The Morgan fingerprint density at radius 3 is 2.52 bits per heavy atom. The highest BCUT2D eigenvalue weighted by atomic mass is 15.1. The molecule has 0 aliphatic carbocycles. The van der Waals surface area contributed by atoms with Crippen LogP contribution >= 0.6 is 0 Å². The van der Waals surface area contributed by atoms with Crippen molar-refractivity contribution >= 4 is 0 Å². The van der Waals surface area contributed by atoms with Gasteiger partial charge in [0, 0.05) is 17.8 Å². The molecule has 1 heterocycles. The van der Waals surface area contributed by atoms with Gasteiger partial charge in [-0.3, -0.25) is 0 Å². The molecule has 2 rings (SSSR count). The highest BCUT2D eigenvalue weighted by molar-refractivity contribution is 5.51. The first-order valence-corrected chi connectivity index (χ1v) is 7.11. The van der Waals surface area contributed by atoms with E-state index < -0.39 is 0 Å². The summed E-state index contributed by atoms with van der Waals surface area (Å²) in [4.78, 5) is 4.30. The van der Waals surface area contributed by atoms with Crippen LogP contribution in [0.25, 0.3) is 5.69 Å². The summed E-state index contributed by atoms with van der Waals surface area (Å²) in [6, 6.07) is 8.29. The third kappa shape index (κ3) is 3.50. The van der Waals surface area contributed by atoms with E-state index in [0.29, 0.717) is 5.56 Å². The van der Waals surface area contributed by atoms with Gasteiger partial charge in [0.1, 0.15) is 6.07 Å². The molecule has 0 fully saturated rings. The molecule has 0 atom stereocenters. The van der Waals surface area contributed by atoms with E-state index in [9.17, 15) is 5.26 Å². The lowest BCUT2D eigenvalue weighted by Crippen LogP contribution is -2.35. The first-order chi connectivity index (χ1) is 9.81. The Kier molecular flexibility index (Phi) is 4.15. The molecule has 0 radical (unpaired) electrons. The predicted molar refractivity (Wildman–Crippen MR) is 84.3 cm³/mol. The molecule has 0 aliphatic heterocycles. The van der Waals surface area contributed by atoms with E-state index in [1.165, 1.54) is 0 Å². The van der Waals surface area contributed by atoms with E-state index in [2.05, 4.69) is 43.2 Å². The Balaban J connectivity index is 2.34. The van der Waals surface area contributed by atoms with Gasteiger partial charge in [0.2, 0.25) is 0 Å². The highest BCUT2D eigenvalue weighted by Gasteiger charge is 2.12. The Morgan fingerprint density at radius 1 is 1.29 bits per heavy atom. The molecule has 0 saturated carbocycles. The molecule has 0 bridgehead atoms. The lowest BCUT2D eigenvalue weighted by atomic mass is 10.1. The smallest absolute Gasteiger partial charge is 0.101 e. The Morgan fingerprint density at radius 2 is 2.00 bits per heavy atom. The van der Waals surface area contributed by atoms with Crippen LogP contribution < -0.4 is 5.32 Å². The number of nitrogens with zero attached hydrogens (tertiary/aromatic N) is 3. The Hall–Kier alpha value is -2.12. The van der Waals surface area contributed by atoms with Gasteiger partial charge in [-0.1, -0.05) is 6.07 Å². The zero-order valence-corrected chi connectivity index (χ0v) is 13.4. The molecule has 1 aromatic heterocycles. The maximum atomic E-state index is 9.43. The number of nitrogens with one attached hydrogen (secondary N) is 1. The number of imidazole rings is 1. The summed E-state index contributed by atoms with van der Waals surface area (Å²) in [6.07, 6.45) is 1.77. The summed E-state index contributed by atoms with van der Waals surface area (Å²) >= 11 is 0. The average molecular weight is 282 g/mol. The van der Waals surface area contributed by atoms with E-state index >= 15 is 0 Å². The van der Waals surface area contributed by atoms with Crippen LogP contribution in [0.5, 0.6) is 0 Å². The van der Waals surface area contributed by atoms with Gasteiger partial charge < -0.3 is 9.88 Å². The SMILES string of the molecule is Cc1ncn(-c2ccc(CNC(C)(C)C)cc2C#N)c1C. The molecule has 21 heavy (non-hydrogen) atoms. The minimum absolute atomic E-state index is 0.0591. The van der Waals surface area contributed by atoms with Crippen molar-refractivity contribution < 1.29 is 0 Å². The molecule has 110 valence electrons. The van der Waals surface area contributed by atoms with Crippen LogP contribution in [0.1, 0.15) is 43.3 Å². The zero-order valence-electron chi connectivity index (χ0n) is 13.4. The second-order valence-electron chi connectivity index (χ2n) is 6.35. The Bertz CT molecular complexity index is 684. The zero-order chi connectivity index (χ0) is 15.6. The van der Waals surface area contributed by atoms with Crippen molar-refractivity contribution in [1.82, 2.24) is 14.9 Å². The lowest BCUT2D eigenvalue weighted by molar-refractivity contribution is 0.424. The molecular formula is C17H22N4. The summed E-state index contributed by atoms with van der Waals surface area (Å²) in [5, 5.41) is 12.9. The molecule has 1 aromatic carbocycles. The van der Waals surface area contributed by atoms with Crippen LogP contribution in [-0.2, 0) is 6.54 Å².